The summed E-state index contributed by atoms with van der Waals surface area (Å²) in [4.78, 5) is 0. The van der Waals surface area contributed by atoms with Crippen LogP contribution in [0.25, 0.3) is 10.8 Å². The Hall–Kier alpha value is -2.30. The predicted molar refractivity (Wildman–Crippen MR) is 113 cm³/mol. The van der Waals surface area contributed by atoms with E-state index in [0.717, 1.165) is 59.1 Å². The molecule has 0 atom stereocenters. The molecule has 1 aliphatic carbocycles. The van der Waals surface area contributed by atoms with Crippen molar-refractivity contribution in [2.45, 2.75) is 39.5 Å². The molecule has 1 aliphatic rings. The van der Waals surface area contributed by atoms with Gasteiger partial charge in [0.1, 0.15) is 24.7 Å². The van der Waals surface area contributed by atoms with Crippen LogP contribution in [0.3, 0.4) is 0 Å². The molecule has 3 rings (SSSR count). The Labute approximate surface area is 167 Å². The number of aliphatic hydroxyl groups excluding tert-OH is 2. The number of ether oxygens (including phenoxy) is 2. The minimum atomic E-state index is -0.0187. The zero-order valence-corrected chi connectivity index (χ0v) is 16.8. The number of hydrogen-bond acceptors (Lipinski definition) is 4. The Morgan fingerprint density at radius 2 is 1.57 bits per heavy atom. The van der Waals surface area contributed by atoms with E-state index in [1.807, 2.05) is 24.3 Å². The monoisotopic (exact) mass is 382 g/mol. The van der Waals surface area contributed by atoms with Gasteiger partial charge in [-0.25, -0.2) is 0 Å². The van der Waals surface area contributed by atoms with Gasteiger partial charge in [0.15, 0.2) is 0 Å². The van der Waals surface area contributed by atoms with Crippen molar-refractivity contribution in [2.24, 2.45) is 0 Å². The predicted octanol–water partition coefficient (Wildman–Crippen LogP) is 4.35. The Morgan fingerprint density at radius 3 is 2.14 bits per heavy atom. The highest BCUT2D eigenvalue weighted by molar-refractivity contribution is 5.96. The first kappa shape index (κ1) is 20.4. The molecule has 2 N–H and O–H groups in total. The fraction of sp³-hybridized carbons (Fsp3) is 0.417. The summed E-state index contributed by atoms with van der Waals surface area (Å²) >= 11 is 0. The molecular formula is C24H30O4. The number of hydrogen-bond donors (Lipinski definition) is 2. The maximum absolute atomic E-state index is 9.30. The SMILES string of the molecule is CC(C)=CCCC1=CCc2c(c(OCCO)c3ccccc3c2OCCO)C1. The lowest BCUT2D eigenvalue weighted by molar-refractivity contribution is 0.198. The summed E-state index contributed by atoms with van der Waals surface area (Å²) < 4.78 is 12.0. The summed E-state index contributed by atoms with van der Waals surface area (Å²) in [6.45, 7) is 4.75. The first-order valence-electron chi connectivity index (χ1n) is 10.0. The van der Waals surface area contributed by atoms with Crippen molar-refractivity contribution in [1.29, 1.82) is 0 Å². The maximum atomic E-state index is 9.30. The lowest BCUT2D eigenvalue weighted by Gasteiger charge is -2.25. The zero-order chi connectivity index (χ0) is 19.9. The fourth-order valence-electron chi connectivity index (χ4n) is 3.79. The second-order valence-electron chi connectivity index (χ2n) is 7.37. The average Bonchev–Trinajstić information content (AvgIpc) is 2.70. The molecule has 0 aromatic heterocycles. The Bertz CT molecular complexity index is 876. The van der Waals surface area contributed by atoms with Crippen molar-refractivity contribution in [3.05, 3.63) is 58.7 Å². The molecule has 0 saturated carbocycles. The Morgan fingerprint density at radius 1 is 0.964 bits per heavy atom. The van der Waals surface area contributed by atoms with E-state index in [-0.39, 0.29) is 26.4 Å². The van der Waals surface area contributed by atoms with Gasteiger partial charge in [0.25, 0.3) is 0 Å². The van der Waals surface area contributed by atoms with Crippen LogP contribution in [0.15, 0.2) is 47.6 Å². The first-order chi connectivity index (χ1) is 13.7. The summed E-state index contributed by atoms with van der Waals surface area (Å²) in [6, 6.07) is 8.04. The molecule has 0 radical (unpaired) electrons. The molecule has 150 valence electrons. The van der Waals surface area contributed by atoms with Crippen LogP contribution in [0.2, 0.25) is 0 Å². The fourth-order valence-corrected chi connectivity index (χ4v) is 3.79. The van der Waals surface area contributed by atoms with E-state index >= 15 is 0 Å². The minimum Gasteiger partial charge on any atom is -0.490 e. The molecule has 0 aliphatic heterocycles. The van der Waals surface area contributed by atoms with Crippen molar-refractivity contribution in [3.63, 3.8) is 0 Å². The molecule has 28 heavy (non-hydrogen) atoms. The average molecular weight is 383 g/mol. The van der Waals surface area contributed by atoms with E-state index in [0.29, 0.717) is 0 Å². The first-order valence-corrected chi connectivity index (χ1v) is 10.0. The third kappa shape index (κ3) is 4.57. The number of aliphatic hydroxyl groups is 2. The molecule has 4 heteroatoms. The second-order valence-corrected chi connectivity index (χ2v) is 7.37. The third-order valence-corrected chi connectivity index (χ3v) is 5.02. The molecular weight excluding hydrogens is 352 g/mol. The second kappa shape index (κ2) is 9.76. The van der Waals surface area contributed by atoms with Crippen molar-refractivity contribution >= 4 is 10.8 Å². The maximum Gasteiger partial charge on any atom is 0.131 e. The largest absolute Gasteiger partial charge is 0.490 e. The lowest BCUT2D eigenvalue weighted by atomic mass is 9.85. The van der Waals surface area contributed by atoms with Crippen LogP contribution >= 0.6 is 0 Å². The summed E-state index contributed by atoms with van der Waals surface area (Å²) in [6.07, 6.45) is 8.27. The van der Waals surface area contributed by atoms with E-state index in [2.05, 4.69) is 26.0 Å². The quantitative estimate of drug-likeness (QED) is 0.633. The van der Waals surface area contributed by atoms with Crippen LogP contribution < -0.4 is 9.47 Å². The molecule has 0 bridgehead atoms. The number of fused-ring (bicyclic) bond motifs is 2. The number of rotatable bonds is 9. The molecule has 0 saturated heterocycles. The van der Waals surface area contributed by atoms with Gasteiger partial charge >= 0.3 is 0 Å². The van der Waals surface area contributed by atoms with Crippen molar-refractivity contribution < 1.29 is 19.7 Å². The van der Waals surface area contributed by atoms with Crippen LogP contribution in [-0.2, 0) is 12.8 Å². The summed E-state index contributed by atoms with van der Waals surface area (Å²) in [7, 11) is 0. The van der Waals surface area contributed by atoms with Gasteiger partial charge < -0.3 is 19.7 Å². The van der Waals surface area contributed by atoms with Crippen LogP contribution in [-0.4, -0.2) is 36.6 Å². The smallest absolute Gasteiger partial charge is 0.131 e. The van der Waals surface area contributed by atoms with Crippen LogP contribution in [0, 0.1) is 0 Å². The third-order valence-electron chi connectivity index (χ3n) is 5.02. The van der Waals surface area contributed by atoms with Crippen molar-refractivity contribution in [1.82, 2.24) is 0 Å². The van der Waals surface area contributed by atoms with E-state index in [4.69, 9.17) is 9.47 Å². The van der Waals surface area contributed by atoms with E-state index in [1.54, 1.807) is 0 Å². The van der Waals surface area contributed by atoms with Crippen LogP contribution in [0.5, 0.6) is 11.5 Å². The number of benzene rings is 2. The normalized spacial score (nSPS) is 13.1. The van der Waals surface area contributed by atoms with Gasteiger partial charge in [0.05, 0.1) is 13.2 Å². The Balaban J connectivity index is 2.04. The summed E-state index contributed by atoms with van der Waals surface area (Å²) in [5.41, 5.74) is 5.03. The van der Waals surface area contributed by atoms with Crippen molar-refractivity contribution in [2.75, 3.05) is 26.4 Å². The molecule has 0 fully saturated rings. The highest BCUT2D eigenvalue weighted by Crippen LogP contribution is 2.44. The summed E-state index contributed by atoms with van der Waals surface area (Å²) in [5, 5.41) is 20.5. The van der Waals surface area contributed by atoms with Gasteiger partial charge in [-0.1, -0.05) is 47.6 Å². The molecule has 0 heterocycles. The van der Waals surface area contributed by atoms with E-state index < -0.39 is 0 Å². The van der Waals surface area contributed by atoms with Gasteiger partial charge in [-0.2, -0.15) is 0 Å². The van der Waals surface area contributed by atoms with Gasteiger partial charge in [-0.05, 0) is 39.5 Å². The molecule has 4 nitrogen and oxygen atoms in total. The molecule has 0 unspecified atom stereocenters. The van der Waals surface area contributed by atoms with Gasteiger partial charge in [-0.15, -0.1) is 0 Å². The number of allylic oxidation sites excluding steroid dienone is 4. The topological polar surface area (TPSA) is 58.9 Å². The molecule has 2 aromatic rings. The van der Waals surface area contributed by atoms with Crippen molar-refractivity contribution in [3.8, 4) is 11.5 Å². The van der Waals surface area contributed by atoms with Crippen LogP contribution in [0.1, 0.15) is 37.8 Å². The molecule has 0 spiro atoms. The van der Waals surface area contributed by atoms with Crippen LogP contribution in [0.4, 0.5) is 0 Å². The highest BCUT2D eigenvalue weighted by atomic mass is 16.5. The summed E-state index contributed by atoms with van der Waals surface area (Å²) in [5.74, 6) is 1.69. The molecule has 0 amide bonds. The zero-order valence-electron chi connectivity index (χ0n) is 16.8. The van der Waals surface area contributed by atoms with Gasteiger partial charge in [-0.3, -0.25) is 0 Å². The van der Waals surface area contributed by atoms with Gasteiger partial charge in [0.2, 0.25) is 0 Å². The standard InChI is InChI=1S/C24H30O4/c1-17(2)6-5-7-18-10-11-21-22(16-18)24(28-15-13-26)20-9-4-3-8-19(20)23(21)27-14-12-25/h3-4,6,8-10,25-26H,5,7,11-16H2,1-2H3. The van der Waals surface area contributed by atoms with E-state index in [1.165, 1.54) is 11.1 Å². The lowest BCUT2D eigenvalue weighted by Crippen LogP contribution is -2.13. The molecule has 2 aromatic carbocycles. The van der Waals surface area contributed by atoms with E-state index in [9.17, 15) is 10.2 Å². The minimum absolute atomic E-state index is 0.0182. The van der Waals surface area contributed by atoms with Gasteiger partial charge in [0, 0.05) is 21.9 Å². The highest BCUT2D eigenvalue weighted by Gasteiger charge is 2.24. The Kier molecular flexibility index (Phi) is 7.12.